The van der Waals surface area contributed by atoms with Gasteiger partial charge in [0.2, 0.25) is 0 Å². The van der Waals surface area contributed by atoms with Crippen LogP contribution in [0.4, 0.5) is 5.69 Å². The molecule has 1 amide bonds. The van der Waals surface area contributed by atoms with Gasteiger partial charge in [-0.05, 0) is 63.4 Å². The number of amides is 1. The van der Waals surface area contributed by atoms with Gasteiger partial charge in [0.15, 0.2) is 0 Å². The van der Waals surface area contributed by atoms with E-state index < -0.39 is 0 Å². The number of carbonyl (C=O) groups is 1. The van der Waals surface area contributed by atoms with Gasteiger partial charge >= 0.3 is 0 Å². The molecular formula is C17H20N2O. The lowest BCUT2D eigenvalue weighted by molar-refractivity contribution is 0.102. The summed E-state index contributed by atoms with van der Waals surface area (Å²) in [6.07, 6.45) is 0. The average Bonchev–Trinajstić information content (AvgIpc) is 2.32. The highest BCUT2D eigenvalue weighted by molar-refractivity contribution is 6.03. The molecule has 0 fully saturated rings. The molecule has 0 bridgehead atoms. The number of anilines is 1. The number of nitrogens with one attached hydrogen (secondary N) is 1. The van der Waals surface area contributed by atoms with Gasteiger partial charge in [-0.1, -0.05) is 17.7 Å². The predicted octanol–water partition coefficient (Wildman–Crippen LogP) is 3.88. The van der Waals surface area contributed by atoms with Gasteiger partial charge in [0.05, 0.1) is 0 Å². The van der Waals surface area contributed by atoms with Crippen LogP contribution in [0.2, 0.25) is 0 Å². The first-order valence-electron chi connectivity index (χ1n) is 6.71. The summed E-state index contributed by atoms with van der Waals surface area (Å²) < 4.78 is 0. The molecule has 1 heterocycles. The zero-order chi connectivity index (χ0) is 14.9. The lowest BCUT2D eigenvalue weighted by Crippen LogP contribution is -2.16. The van der Waals surface area contributed by atoms with E-state index in [0.29, 0.717) is 5.69 Å². The Morgan fingerprint density at radius 3 is 2.00 bits per heavy atom. The number of hydrogen-bond donors (Lipinski definition) is 1. The number of nitrogens with zero attached hydrogens (tertiary/aromatic N) is 1. The maximum Gasteiger partial charge on any atom is 0.274 e. The van der Waals surface area contributed by atoms with Crippen molar-refractivity contribution in [2.75, 3.05) is 5.32 Å². The normalized spacial score (nSPS) is 10.4. The van der Waals surface area contributed by atoms with Gasteiger partial charge in [0.1, 0.15) is 5.69 Å². The first-order chi connectivity index (χ1) is 9.36. The minimum absolute atomic E-state index is 0.160. The molecule has 3 heteroatoms. The van der Waals surface area contributed by atoms with Crippen LogP contribution in [0.3, 0.4) is 0 Å². The summed E-state index contributed by atoms with van der Waals surface area (Å²) in [6.45, 7) is 9.92. The summed E-state index contributed by atoms with van der Waals surface area (Å²) in [5, 5.41) is 2.98. The molecule has 1 N–H and O–H groups in total. The molecule has 0 aliphatic heterocycles. The number of benzene rings is 1. The predicted molar refractivity (Wildman–Crippen MR) is 82.3 cm³/mol. The first-order valence-corrected chi connectivity index (χ1v) is 6.71. The quantitative estimate of drug-likeness (QED) is 0.898. The van der Waals surface area contributed by atoms with Gasteiger partial charge < -0.3 is 5.32 Å². The maximum absolute atomic E-state index is 12.3. The Morgan fingerprint density at radius 2 is 1.45 bits per heavy atom. The molecule has 0 unspecified atom stereocenters. The van der Waals surface area contributed by atoms with Crippen LogP contribution in [0, 0.1) is 34.6 Å². The number of rotatable bonds is 2. The van der Waals surface area contributed by atoms with E-state index in [0.717, 1.165) is 28.1 Å². The minimum Gasteiger partial charge on any atom is -0.320 e. The fourth-order valence-electron chi connectivity index (χ4n) is 2.51. The zero-order valence-electron chi connectivity index (χ0n) is 12.7. The molecule has 20 heavy (non-hydrogen) atoms. The van der Waals surface area contributed by atoms with Crippen LogP contribution in [-0.4, -0.2) is 10.9 Å². The van der Waals surface area contributed by atoms with Gasteiger partial charge in [-0.25, -0.2) is 4.98 Å². The van der Waals surface area contributed by atoms with Gasteiger partial charge in [-0.15, -0.1) is 0 Å². The van der Waals surface area contributed by atoms with Crippen LogP contribution in [0.5, 0.6) is 0 Å². The van der Waals surface area contributed by atoms with Crippen molar-refractivity contribution >= 4 is 11.6 Å². The molecule has 1 aromatic heterocycles. The van der Waals surface area contributed by atoms with Crippen molar-refractivity contribution in [3.05, 3.63) is 57.9 Å². The van der Waals surface area contributed by atoms with Crippen molar-refractivity contribution in [3.8, 4) is 0 Å². The monoisotopic (exact) mass is 268 g/mol. The second-order valence-corrected chi connectivity index (χ2v) is 5.40. The average molecular weight is 268 g/mol. The van der Waals surface area contributed by atoms with E-state index in [1.807, 2.05) is 33.8 Å². The van der Waals surface area contributed by atoms with E-state index in [4.69, 9.17) is 0 Å². The molecule has 0 aliphatic rings. The smallest absolute Gasteiger partial charge is 0.274 e. The summed E-state index contributed by atoms with van der Waals surface area (Å²) in [5.74, 6) is -0.160. The summed E-state index contributed by atoms with van der Waals surface area (Å²) in [7, 11) is 0. The Morgan fingerprint density at radius 1 is 0.900 bits per heavy atom. The fraction of sp³-hybridized carbons (Fsp3) is 0.294. The Hall–Kier alpha value is -2.16. The van der Waals surface area contributed by atoms with Gasteiger partial charge in [0.25, 0.3) is 5.91 Å². The van der Waals surface area contributed by atoms with Crippen LogP contribution in [0.1, 0.15) is 38.4 Å². The van der Waals surface area contributed by atoms with Gasteiger partial charge in [-0.2, -0.15) is 0 Å². The second-order valence-electron chi connectivity index (χ2n) is 5.40. The van der Waals surface area contributed by atoms with Crippen LogP contribution in [0.15, 0.2) is 24.3 Å². The third-order valence-corrected chi connectivity index (χ3v) is 3.25. The Labute approximate surface area is 120 Å². The van der Waals surface area contributed by atoms with Crippen molar-refractivity contribution in [1.29, 1.82) is 0 Å². The lowest BCUT2D eigenvalue weighted by Gasteiger charge is -2.13. The molecule has 2 rings (SSSR count). The molecule has 0 radical (unpaired) electrons. The Kier molecular flexibility index (Phi) is 3.89. The topological polar surface area (TPSA) is 42.0 Å². The minimum atomic E-state index is -0.160. The van der Waals surface area contributed by atoms with Gasteiger partial charge in [-0.3, -0.25) is 4.79 Å². The number of aromatic nitrogens is 1. The summed E-state index contributed by atoms with van der Waals surface area (Å²) in [5.41, 5.74) is 6.57. The molecule has 2 aromatic rings. The number of carbonyl (C=O) groups excluding carboxylic acids is 1. The molecule has 0 spiro atoms. The maximum atomic E-state index is 12.3. The molecule has 104 valence electrons. The van der Waals surface area contributed by atoms with Crippen molar-refractivity contribution in [1.82, 2.24) is 4.98 Å². The van der Waals surface area contributed by atoms with Crippen molar-refractivity contribution in [2.24, 2.45) is 0 Å². The number of aryl methyl sites for hydroxylation is 5. The van der Waals surface area contributed by atoms with Crippen molar-refractivity contribution in [3.63, 3.8) is 0 Å². The molecule has 0 aliphatic carbocycles. The molecule has 3 nitrogen and oxygen atoms in total. The molecular weight excluding hydrogens is 248 g/mol. The summed E-state index contributed by atoms with van der Waals surface area (Å²) >= 11 is 0. The highest BCUT2D eigenvalue weighted by Gasteiger charge is 2.12. The first kappa shape index (κ1) is 14.3. The van der Waals surface area contributed by atoms with E-state index in [-0.39, 0.29) is 5.91 Å². The lowest BCUT2D eigenvalue weighted by atomic mass is 10.0. The van der Waals surface area contributed by atoms with Gasteiger partial charge in [0, 0.05) is 11.4 Å². The van der Waals surface area contributed by atoms with Crippen molar-refractivity contribution in [2.45, 2.75) is 34.6 Å². The summed E-state index contributed by atoms with van der Waals surface area (Å²) in [6, 6.07) is 7.90. The number of hydrogen-bond acceptors (Lipinski definition) is 2. The van der Waals surface area contributed by atoms with Crippen LogP contribution in [-0.2, 0) is 0 Å². The Balaban J connectivity index is 2.32. The second kappa shape index (κ2) is 5.45. The Bertz CT molecular complexity index is 631. The molecule has 0 atom stereocenters. The third kappa shape index (κ3) is 3.05. The summed E-state index contributed by atoms with van der Waals surface area (Å²) in [4.78, 5) is 16.6. The molecule has 0 saturated carbocycles. The van der Waals surface area contributed by atoms with Crippen molar-refractivity contribution < 1.29 is 4.79 Å². The zero-order valence-corrected chi connectivity index (χ0v) is 12.7. The standard InChI is InChI=1S/C17H20N2O/c1-10-6-12(3)16(13(4)7-10)19-17(20)15-9-11(2)8-14(5)18-15/h6-9H,1-5H3,(H,19,20). The molecule has 1 aromatic carbocycles. The van der Waals surface area contributed by atoms with E-state index in [9.17, 15) is 4.79 Å². The van der Waals surface area contributed by atoms with Crippen LogP contribution >= 0.6 is 0 Å². The number of pyridine rings is 1. The SMILES string of the molecule is Cc1cc(C)nc(C(=O)Nc2c(C)cc(C)cc2C)c1. The fourth-order valence-corrected chi connectivity index (χ4v) is 2.51. The molecule has 0 saturated heterocycles. The van der Waals surface area contributed by atoms with E-state index in [1.54, 1.807) is 6.07 Å². The van der Waals surface area contributed by atoms with E-state index >= 15 is 0 Å². The van der Waals surface area contributed by atoms with Crippen LogP contribution in [0.25, 0.3) is 0 Å². The highest BCUT2D eigenvalue weighted by Crippen LogP contribution is 2.22. The van der Waals surface area contributed by atoms with Crippen LogP contribution < -0.4 is 5.32 Å². The van der Waals surface area contributed by atoms with E-state index in [2.05, 4.69) is 29.4 Å². The highest BCUT2D eigenvalue weighted by atomic mass is 16.1. The van der Waals surface area contributed by atoms with E-state index in [1.165, 1.54) is 5.56 Å². The third-order valence-electron chi connectivity index (χ3n) is 3.25. The largest absolute Gasteiger partial charge is 0.320 e.